The van der Waals surface area contributed by atoms with Gasteiger partial charge in [0.1, 0.15) is 12.4 Å². The molecule has 130 valence electrons. The summed E-state index contributed by atoms with van der Waals surface area (Å²) in [4.78, 5) is 14.0. The highest BCUT2D eigenvalue weighted by atomic mass is 16.5. The lowest BCUT2D eigenvalue weighted by Gasteiger charge is -2.34. The van der Waals surface area contributed by atoms with Crippen LogP contribution in [0.2, 0.25) is 0 Å². The topological polar surface area (TPSA) is 41.6 Å². The van der Waals surface area contributed by atoms with Crippen LogP contribution in [0.1, 0.15) is 24.0 Å². The minimum Gasteiger partial charge on any atom is -0.489 e. The summed E-state index contributed by atoms with van der Waals surface area (Å²) in [5.74, 6) is 1.60. The van der Waals surface area contributed by atoms with E-state index < -0.39 is 0 Å². The largest absolute Gasteiger partial charge is 0.489 e. The van der Waals surface area contributed by atoms with Gasteiger partial charge in [0, 0.05) is 38.0 Å². The number of rotatable bonds is 5. The highest BCUT2D eigenvalue weighted by molar-refractivity contribution is 5.79. The molecular formula is C21H24N2O2. The third-order valence-electron chi connectivity index (χ3n) is 5.19. The zero-order valence-electron chi connectivity index (χ0n) is 14.4. The molecule has 0 saturated carbocycles. The van der Waals surface area contributed by atoms with Crippen molar-refractivity contribution in [3.05, 3.63) is 65.7 Å². The molecule has 2 aliphatic heterocycles. The Morgan fingerprint density at radius 3 is 2.64 bits per heavy atom. The van der Waals surface area contributed by atoms with E-state index in [1.165, 1.54) is 11.1 Å². The van der Waals surface area contributed by atoms with Gasteiger partial charge in [0.25, 0.3) is 0 Å². The van der Waals surface area contributed by atoms with Gasteiger partial charge in [-0.05, 0) is 29.7 Å². The van der Waals surface area contributed by atoms with Crippen LogP contribution in [-0.2, 0) is 17.9 Å². The number of amides is 1. The lowest BCUT2D eigenvalue weighted by Crippen LogP contribution is -2.44. The molecule has 4 nitrogen and oxygen atoms in total. The molecule has 4 heteroatoms. The normalized spacial score (nSPS) is 23.1. The molecule has 0 bridgehead atoms. The van der Waals surface area contributed by atoms with Gasteiger partial charge in [0.15, 0.2) is 0 Å². The molecule has 2 aromatic rings. The highest BCUT2D eigenvalue weighted by Gasteiger charge is 2.36. The van der Waals surface area contributed by atoms with E-state index in [-0.39, 0.29) is 5.91 Å². The zero-order chi connectivity index (χ0) is 17.1. The van der Waals surface area contributed by atoms with Crippen molar-refractivity contribution in [1.82, 2.24) is 10.2 Å². The number of nitrogens with one attached hydrogen (secondary N) is 1. The van der Waals surface area contributed by atoms with Gasteiger partial charge in [0.05, 0.1) is 0 Å². The van der Waals surface area contributed by atoms with Crippen molar-refractivity contribution in [2.24, 2.45) is 5.92 Å². The van der Waals surface area contributed by atoms with Crippen LogP contribution in [0.3, 0.4) is 0 Å². The van der Waals surface area contributed by atoms with Crippen molar-refractivity contribution in [2.45, 2.75) is 32.0 Å². The quantitative estimate of drug-likeness (QED) is 0.913. The van der Waals surface area contributed by atoms with Crippen molar-refractivity contribution in [1.29, 1.82) is 0 Å². The first-order valence-electron chi connectivity index (χ1n) is 9.04. The molecule has 4 rings (SSSR count). The first-order valence-corrected chi connectivity index (χ1v) is 9.04. The van der Waals surface area contributed by atoms with Crippen LogP contribution >= 0.6 is 0 Å². The lowest BCUT2D eigenvalue weighted by molar-refractivity contribution is -0.119. The number of ether oxygens (including phenoxy) is 1. The molecule has 0 aromatic heterocycles. The van der Waals surface area contributed by atoms with Gasteiger partial charge in [-0.15, -0.1) is 0 Å². The van der Waals surface area contributed by atoms with Crippen molar-refractivity contribution in [3.63, 3.8) is 0 Å². The fourth-order valence-corrected chi connectivity index (χ4v) is 3.84. The van der Waals surface area contributed by atoms with Crippen LogP contribution in [0.25, 0.3) is 0 Å². The summed E-state index contributed by atoms with van der Waals surface area (Å²) in [7, 11) is 0. The average molecular weight is 336 g/mol. The van der Waals surface area contributed by atoms with E-state index in [9.17, 15) is 4.79 Å². The molecule has 2 aliphatic rings. The minimum atomic E-state index is 0.219. The maximum Gasteiger partial charge on any atom is 0.220 e. The zero-order valence-corrected chi connectivity index (χ0v) is 14.4. The number of benzene rings is 2. The number of fused-ring (bicyclic) bond motifs is 1. The van der Waals surface area contributed by atoms with Gasteiger partial charge in [-0.1, -0.05) is 42.5 Å². The Bertz CT molecular complexity index is 714. The molecule has 0 radical (unpaired) electrons. The maximum absolute atomic E-state index is 11.5. The van der Waals surface area contributed by atoms with Crippen LogP contribution in [0.4, 0.5) is 0 Å². The van der Waals surface area contributed by atoms with Crippen molar-refractivity contribution in [2.75, 3.05) is 13.1 Å². The Morgan fingerprint density at radius 1 is 1.04 bits per heavy atom. The SMILES string of the molecule is O=C1C[C@@H]2CN(Cc3ccc(OCc4ccccc4)cc3)CC[C@@H]2N1. The van der Waals surface area contributed by atoms with Crippen LogP contribution < -0.4 is 10.1 Å². The van der Waals surface area contributed by atoms with Crippen LogP contribution in [0.5, 0.6) is 5.75 Å². The predicted octanol–water partition coefficient (Wildman–Crippen LogP) is 2.98. The van der Waals surface area contributed by atoms with Gasteiger partial charge in [-0.2, -0.15) is 0 Å². The number of carbonyl (C=O) groups is 1. The van der Waals surface area contributed by atoms with E-state index in [0.29, 0.717) is 25.0 Å². The fraction of sp³-hybridized carbons (Fsp3) is 0.381. The number of carbonyl (C=O) groups excluding carboxylic acids is 1. The Hall–Kier alpha value is -2.33. The number of hydrogen-bond donors (Lipinski definition) is 1. The van der Waals surface area contributed by atoms with Gasteiger partial charge < -0.3 is 10.1 Å². The van der Waals surface area contributed by atoms with E-state index in [1.807, 2.05) is 30.3 Å². The first kappa shape index (κ1) is 16.2. The fourth-order valence-electron chi connectivity index (χ4n) is 3.84. The van der Waals surface area contributed by atoms with E-state index in [4.69, 9.17) is 4.74 Å². The van der Waals surface area contributed by atoms with Crippen LogP contribution in [-0.4, -0.2) is 29.9 Å². The molecule has 25 heavy (non-hydrogen) atoms. The first-order chi connectivity index (χ1) is 12.3. The van der Waals surface area contributed by atoms with Crippen molar-refractivity contribution in [3.8, 4) is 5.75 Å². The highest BCUT2D eigenvalue weighted by Crippen LogP contribution is 2.26. The summed E-state index contributed by atoms with van der Waals surface area (Å²) in [6.45, 7) is 3.59. The molecule has 2 fully saturated rings. The Kier molecular flexibility index (Phi) is 4.70. The standard InChI is InChI=1S/C21H24N2O2/c24-21-12-18-14-23(11-10-20(18)22-21)13-16-6-8-19(9-7-16)25-15-17-4-2-1-3-5-17/h1-9,18,20H,10-15H2,(H,22,24)/t18-,20+/m1/s1. The molecule has 0 unspecified atom stereocenters. The molecule has 0 spiro atoms. The Morgan fingerprint density at radius 2 is 1.84 bits per heavy atom. The number of likely N-dealkylation sites (tertiary alicyclic amines) is 1. The van der Waals surface area contributed by atoms with E-state index in [2.05, 4.69) is 34.5 Å². The molecule has 1 N–H and O–H groups in total. The molecule has 2 heterocycles. The summed E-state index contributed by atoms with van der Waals surface area (Å²) in [6.07, 6.45) is 1.75. The Balaban J connectivity index is 1.29. The summed E-state index contributed by atoms with van der Waals surface area (Å²) >= 11 is 0. The van der Waals surface area contributed by atoms with Crippen molar-refractivity contribution < 1.29 is 9.53 Å². The van der Waals surface area contributed by atoms with Gasteiger partial charge in [0.2, 0.25) is 5.91 Å². The monoisotopic (exact) mass is 336 g/mol. The molecule has 2 saturated heterocycles. The van der Waals surface area contributed by atoms with Crippen LogP contribution in [0, 0.1) is 5.92 Å². The third kappa shape index (κ3) is 4.02. The van der Waals surface area contributed by atoms with Gasteiger partial charge in [-0.25, -0.2) is 0 Å². The number of nitrogens with zero attached hydrogens (tertiary/aromatic N) is 1. The summed E-state index contributed by atoms with van der Waals surface area (Å²) < 4.78 is 5.85. The molecule has 0 aliphatic carbocycles. The third-order valence-corrected chi connectivity index (χ3v) is 5.19. The van der Waals surface area contributed by atoms with E-state index in [0.717, 1.165) is 31.8 Å². The van der Waals surface area contributed by atoms with Crippen LogP contribution in [0.15, 0.2) is 54.6 Å². The van der Waals surface area contributed by atoms with Gasteiger partial charge in [-0.3, -0.25) is 9.69 Å². The maximum atomic E-state index is 11.5. The molecule has 2 atom stereocenters. The summed E-state index contributed by atoms with van der Waals surface area (Å²) in [6, 6.07) is 19.0. The van der Waals surface area contributed by atoms with Crippen molar-refractivity contribution >= 4 is 5.91 Å². The number of piperidine rings is 1. The molecular weight excluding hydrogens is 312 g/mol. The summed E-state index contributed by atoms with van der Waals surface area (Å²) in [5.41, 5.74) is 2.47. The lowest BCUT2D eigenvalue weighted by atomic mass is 9.93. The smallest absolute Gasteiger partial charge is 0.220 e. The number of hydrogen-bond acceptors (Lipinski definition) is 3. The molecule has 1 amide bonds. The van der Waals surface area contributed by atoms with Gasteiger partial charge >= 0.3 is 0 Å². The second-order valence-electron chi connectivity index (χ2n) is 7.08. The predicted molar refractivity (Wildman–Crippen MR) is 97.1 cm³/mol. The minimum absolute atomic E-state index is 0.219. The summed E-state index contributed by atoms with van der Waals surface area (Å²) in [5, 5.41) is 3.09. The Labute approximate surface area is 148 Å². The second-order valence-corrected chi connectivity index (χ2v) is 7.08. The van der Waals surface area contributed by atoms with E-state index >= 15 is 0 Å². The molecule has 2 aromatic carbocycles. The average Bonchev–Trinajstić information content (AvgIpc) is 3.01. The van der Waals surface area contributed by atoms with E-state index in [1.54, 1.807) is 0 Å². The second kappa shape index (κ2) is 7.28.